The Labute approximate surface area is 437 Å². The minimum Gasteiger partial charge on any atom is -0.311 e. The third-order valence-electron chi connectivity index (χ3n) is 17.8. The summed E-state index contributed by atoms with van der Waals surface area (Å²) in [6, 6.07) is 61.8. The van der Waals surface area contributed by atoms with Crippen molar-refractivity contribution >= 4 is 57.2 Å². The van der Waals surface area contributed by atoms with Gasteiger partial charge >= 0.3 is 0 Å². The van der Waals surface area contributed by atoms with Crippen LogP contribution in [0.25, 0.3) is 22.3 Å². The van der Waals surface area contributed by atoms with E-state index in [0.717, 1.165) is 6.42 Å². The topological polar surface area (TPSA) is 6.48 Å². The maximum Gasteiger partial charge on any atom is 0.252 e. The van der Waals surface area contributed by atoms with E-state index in [1.54, 1.807) is 0 Å². The molecule has 2 heterocycles. The lowest BCUT2D eigenvalue weighted by molar-refractivity contribution is 0.403. The van der Waals surface area contributed by atoms with Gasteiger partial charge < -0.3 is 9.80 Å². The van der Waals surface area contributed by atoms with Gasteiger partial charge in [-0.1, -0.05) is 206 Å². The van der Waals surface area contributed by atoms with E-state index in [9.17, 15) is 0 Å². The van der Waals surface area contributed by atoms with Crippen molar-refractivity contribution in [3.8, 4) is 22.3 Å². The molecule has 0 saturated heterocycles. The van der Waals surface area contributed by atoms with Crippen LogP contribution in [0.15, 0.2) is 158 Å². The van der Waals surface area contributed by atoms with E-state index in [0.29, 0.717) is 0 Å². The molecule has 0 radical (unpaired) electrons. The van der Waals surface area contributed by atoms with Gasteiger partial charge in [0.1, 0.15) is 0 Å². The summed E-state index contributed by atoms with van der Waals surface area (Å²) in [5.74, 6) is 0. The second-order valence-corrected chi connectivity index (χ2v) is 26.7. The van der Waals surface area contributed by atoms with Crippen molar-refractivity contribution in [1.29, 1.82) is 0 Å². The zero-order chi connectivity index (χ0) is 51.5. The fourth-order valence-corrected chi connectivity index (χ4v) is 14.1. The van der Waals surface area contributed by atoms with E-state index < -0.39 is 0 Å². The van der Waals surface area contributed by atoms with Crippen LogP contribution in [0, 0.1) is 6.92 Å². The van der Waals surface area contributed by atoms with Crippen LogP contribution in [-0.4, -0.2) is 6.71 Å². The average Bonchev–Trinajstić information content (AvgIpc) is 3.55. The third kappa shape index (κ3) is 7.11. The normalized spacial score (nSPS) is 17.3. The van der Waals surface area contributed by atoms with Crippen molar-refractivity contribution in [2.24, 2.45) is 0 Å². The van der Waals surface area contributed by atoms with Crippen molar-refractivity contribution in [3.05, 3.63) is 208 Å². The van der Waals surface area contributed by atoms with Crippen molar-refractivity contribution in [2.45, 2.75) is 143 Å². The molecule has 0 spiro atoms. The number of hydrogen-bond acceptors (Lipinski definition) is 2. The molecule has 3 heteroatoms. The summed E-state index contributed by atoms with van der Waals surface area (Å²) in [7, 11) is 0. The first-order valence-electron chi connectivity index (χ1n) is 27.0. The Morgan fingerprint density at radius 1 is 0.384 bits per heavy atom. The van der Waals surface area contributed by atoms with E-state index in [1.165, 1.54) is 123 Å². The summed E-state index contributed by atoms with van der Waals surface area (Å²) in [5, 5.41) is 0. The Morgan fingerprint density at radius 2 is 0.767 bits per heavy atom. The highest BCUT2D eigenvalue weighted by atomic mass is 15.2. The summed E-state index contributed by atoms with van der Waals surface area (Å²) < 4.78 is 0. The van der Waals surface area contributed by atoms with Gasteiger partial charge in [-0.3, -0.25) is 0 Å². The van der Waals surface area contributed by atoms with Gasteiger partial charge in [-0.05, 0) is 161 Å². The summed E-state index contributed by atoms with van der Waals surface area (Å²) in [6.45, 7) is 36.1. The minimum absolute atomic E-state index is 0.00628. The number of anilines is 6. The van der Waals surface area contributed by atoms with E-state index in [1.807, 2.05) is 0 Å². The molecule has 0 bridgehead atoms. The Kier molecular flexibility index (Phi) is 10.2. The van der Waals surface area contributed by atoms with Crippen LogP contribution in [0.3, 0.4) is 0 Å². The minimum atomic E-state index is -0.233. The van der Waals surface area contributed by atoms with Crippen LogP contribution in [0.1, 0.15) is 153 Å². The number of benzene rings is 8. The first-order valence-corrected chi connectivity index (χ1v) is 27.0. The third-order valence-corrected chi connectivity index (χ3v) is 17.8. The van der Waals surface area contributed by atoms with Crippen LogP contribution in [-0.2, 0) is 32.5 Å². The smallest absolute Gasteiger partial charge is 0.252 e. The summed E-state index contributed by atoms with van der Waals surface area (Å²) >= 11 is 0. The predicted molar refractivity (Wildman–Crippen MR) is 315 cm³/mol. The van der Waals surface area contributed by atoms with Gasteiger partial charge in [0.15, 0.2) is 0 Å². The van der Waals surface area contributed by atoms with E-state index in [2.05, 4.69) is 271 Å². The molecule has 2 aliphatic heterocycles. The molecule has 0 fully saturated rings. The Hall–Kier alpha value is -6.58. The molecular weight excluding hydrogens is 880 g/mol. The monoisotopic (exact) mass is 953 g/mol. The number of hydrogen-bond donors (Lipinski definition) is 0. The van der Waals surface area contributed by atoms with Crippen molar-refractivity contribution < 1.29 is 0 Å². The number of aryl methyl sites for hydroxylation is 1. The predicted octanol–water partition coefficient (Wildman–Crippen LogP) is 16.9. The summed E-state index contributed by atoms with van der Waals surface area (Å²) in [6.07, 6.45) is 1.10. The second kappa shape index (κ2) is 15.7. The van der Waals surface area contributed by atoms with Crippen molar-refractivity contribution in [1.82, 2.24) is 0 Å². The van der Waals surface area contributed by atoms with Gasteiger partial charge in [0.05, 0.1) is 11.4 Å². The van der Waals surface area contributed by atoms with Gasteiger partial charge in [0, 0.05) is 44.7 Å². The molecule has 0 atom stereocenters. The number of fused-ring (bicyclic) bond motifs is 7. The van der Waals surface area contributed by atoms with E-state index in [-0.39, 0.29) is 39.2 Å². The lowest BCUT2D eigenvalue weighted by Crippen LogP contribution is -2.62. The lowest BCUT2D eigenvalue weighted by Gasteiger charge is -2.48. The molecule has 0 saturated carbocycles. The van der Waals surface area contributed by atoms with E-state index >= 15 is 0 Å². The molecule has 366 valence electrons. The SMILES string of the molecule is Cc1cc2c3c(c1)N(c1ccc(C(C)(C)C)cc1-c1ccccc1)c1cc4c(cc1B3c1cc3c(cc1N2c1ccc(C(C)(C)C)cc1-c1ccccc1)C(C)(C)CC3(C)C)C(C)(C)c1ccccc1C4(C)C. The van der Waals surface area contributed by atoms with Crippen molar-refractivity contribution in [2.75, 3.05) is 9.80 Å². The van der Waals surface area contributed by atoms with E-state index in [4.69, 9.17) is 0 Å². The maximum atomic E-state index is 2.70. The summed E-state index contributed by atoms with van der Waals surface area (Å²) in [4.78, 5) is 5.39. The molecule has 2 aliphatic carbocycles. The quantitative estimate of drug-likeness (QED) is 0.162. The average molecular weight is 953 g/mol. The first kappa shape index (κ1) is 47.4. The van der Waals surface area contributed by atoms with Crippen LogP contribution < -0.4 is 26.2 Å². The fraction of sp³-hybridized carbons (Fsp3) is 0.314. The molecule has 0 aromatic heterocycles. The maximum absolute atomic E-state index is 2.70. The highest BCUT2D eigenvalue weighted by Gasteiger charge is 2.51. The van der Waals surface area contributed by atoms with Gasteiger partial charge in [-0.2, -0.15) is 0 Å². The molecule has 0 N–H and O–H groups in total. The molecular formula is C70H73BN2. The molecule has 4 aliphatic rings. The van der Waals surface area contributed by atoms with Crippen LogP contribution >= 0.6 is 0 Å². The Balaban J connectivity index is 1.25. The number of nitrogens with zero attached hydrogens (tertiary/aromatic N) is 2. The van der Waals surface area contributed by atoms with Gasteiger partial charge in [0.2, 0.25) is 0 Å². The molecule has 2 nitrogen and oxygen atoms in total. The highest BCUT2D eigenvalue weighted by molar-refractivity contribution is 7.00. The van der Waals surface area contributed by atoms with Crippen LogP contribution in [0.4, 0.5) is 34.1 Å². The largest absolute Gasteiger partial charge is 0.311 e. The molecule has 0 unspecified atom stereocenters. The second-order valence-electron chi connectivity index (χ2n) is 26.7. The van der Waals surface area contributed by atoms with Crippen LogP contribution in [0.5, 0.6) is 0 Å². The molecule has 8 aromatic carbocycles. The lowest BCUT2D eigenvalue weighted by atomic mass is 9.32. The standard InChI is InChI=1S/C70H73BN2/c1-43-34-62-64-63(35-43)73(59-33-31-47(66(5,6)7)37-49(59)45-26-20-17-21-27-45)61-41-55-54(69(12,13)50-28-22-23-29-51(50)70(55,14)15)39-57(61)71(64)56-38-52-53(68(10,11)42-67(52,8)9)40-60(56)72(62)58-32-30-46(65(2,3)4)36-48(58)44-24-18-16-19-25-44/h16-41H,42H2,1-15H3. The van der Waals surface area contributed by atoms with Gasteiger partial charge in [-0.15, -0.1) is 0 Å². The highest BCUT2D eigenvalue weighted by Crippen LogP contribution is 2.56. The number of rotatable bonds is 4. The van der Waals surface area contributed by atoms with Gasteiger partial charge in [-0.25, -0.2) is 0 Å². The zero-order valence-corrected chi connectivity index (χ0v) is 46.2. The molecule has 0 amide bonds. The van der Waals surface area contributed by atoms with Crippen molar-refractivity contribution in [3.63, 3.8) is 0 Å². The van der Waals surface area contributed by atoms with Gasteiger partial charge in [0.25, 0.3) is 6.71 Å². The Morgan fingerprint density at radius 3 is 1.21 bits per heavy atom. The molecule has 12 rings (SSSR count). The zero-order valence-electron chi connectivity index (χ0n) is 46.2. The summed E-state index contributed by atoms with van der Waals surface area (Å²) in [5.41, 5.74) is 28.6. The Bertz CT molecular complexity index is 3580. The molecule has 8 aromatic rings. The van der Waals surface area contributed by atoms with Crippen LogP contribution in [0.2, 0.25) is 0 Å². The fourth-order valence-electron chi connectivity index (χ4n) is 14.1. The molecule has 73 heavy (non-hydrogen) atoms. The first-order chi connectivity index (χ1) is 34.4.